The molecule has 3 aromatic rings. The SMILES string of the molecule is O=C(O)Cc1cc(=O)c2ccc3ccccc3c2[nH]1. The molecule has 94 valence electrons. The van der Waals surface area contributed by atoms with Crippen molar-refractivity contribution < 1.29 is 9.90 Å². The molecule has 0 saturated carbocycles. The smallest absolute Gasteiger partial charge is 0.309 e. The van der Waals surface area contributed by atoms with Gasteiger partial charge in [-0.1, -0.05) is 30.3 Å². The van der Waals surface area contributed by atoms with E-state index in [1.54, 1.807) is 6.07 Å². The van der Waals surface area contributed by atoms with E-state index < -0.39 is 5.97 Å². The van der Waals surface area contributed by atoms with Crippen molar-refractivity contribution in [2.45, 2.75) is 6.42 Å². The van der Waals surface area contributed by atoms with Crippen LogP contribution in [0.2, 0.25) is 0 Å². The number of benzene rings is 2. The number of pyridine rings is 1. The van der Waals surface area contributed by atoms with E-state index in [4.69, 9.17) is 5.11 Å². The zero-order valence-corrected chi connectivity index (χ0v) is 10.0. The fraction of sp³-hybridized carbons (Fsp3) is 0.0667. The van der Waals surface area contributed by atoms with E-state index in [0.717, 1.165) is 10.8 Å². The fourth-order valence-corrected chi connectivity index (χ4v) is 2.30. The van der Waals surface area contributed by atoms with Crippen LogP contribution in [0.5, 0.6) is 0 Å². The minimum absolute atomic E-state index is 0.157. The molecular formula is C15H11NO3. The van der Waals surface area contributed by atoms with Crippen molar-refractivity contribution in [3.8, 4) is 0 Å². The highest BCUT2D eigenvalue weighted by molar-refractivity contribution is 6.05. The molecule has 2 N–H and O–H groups in total. The van der Waals surface area contributed by atoms with Gasteiger partial charge in [-0.3, -0.25) is 9.59 Å². The van der Waals surface area contributed by atoms with Crippen molar-refractivity contribution in [1.29, 1.82) is 0 Å². The van der Waals surface area contributed by atoms with Gasteiger partial charge < -0.3 is 10.1 Å². The molecule has 4 nitrogen and oxygen atoms in total. The highest BCUT2D eigenvalue weighted by atomic mass is 16.4. The van der Waals surface area contributed by atoms with E-state index in [2.05, 4.69) is 4.98 Å². The van der Waals surface area contributed by atoms with Crippen molar-refractivity contribution in [3.05, 3.63) is 58.4 Å². The average Bonchev–Trinajstić information content (AvgIpc) is 2.38. The molecule has 0 atom stereocenters. The van der Waals surface area contributed by atoms with Crippen LogP contribution in [0, 0.1) is 0 Å². The van der Waals surface area contributed by atoms with Gasteiger partial charge in [0, 0.05) is 22.5 Å². The zero-order valence-electron chi connectivity index (χ0n) is 10.0. The van der Waals surface area contributed by atoms with E-state index in [-0.39, 0.29) is 11.8 Å². The van der Waals surface area contributed by atoms with Gasteiger partial charge in [0.1, 0.15) is 0 Å². The molecule has 2 aromatic carbocycles. The lowest BCUT2D eigenvalue weighted by atomic mass is 10.1. The molecule has 0 aliphatic carbocycles. The van der Waals surface area contributed by atoms with Gasteiger partial charge >= 0.3 is 5.97 Å². The van der Waals surface area contributed by atoms with Crippen LogP contribution in [0.15, 0.2) is 47.3 Å². The molecule has 0 aliphatic rings. The third-order valence-electron chi connectivity index (χ3n) is 3.13. The van der Waals surface area contributed by atoms with Crippen LogP contribution in [0.25, 0.3) is 21.7 Å². The Kier molecular flexibility index (Phi) is 2.56. The Balaban J connectivity index is 2.40. The van der Waals surface area contributed by atoms with Crippen LogP contribution >= 0.6 is 0 Å². The van der Waals surface area contributed by atoms with Gasteiger partial charge in [0.05, 0.1) is 11.9 Å². The summed E-state index contributed by atoms with van der Waals surface area (Å²) in [5, 5.41) is 11.3. The second-order valence-corrected chi connectivity index (χ2v) is 4.44. The van der Waals surface area contributed by atoms with Crippen molar-refractivity contribution in [1.82, 2.24) is 4.98 Å². The Bertz CT molecular complexity index is 849. The molecule has 1 aromatic heterocycles. The molecule has 4 heteroatoms. The second-order valence-electron chi connectivity index (χ2n) is 4.44. The summed E-state index contributed by atoms with van der Waals surface area (Å²) in [4.78, 5) is 25.8. The average molecular weight is 253 g/mol. The maximum atomic E-state index is 12.0. The molecular weight excluding hydrogens is 242 g/mol. The lowest BCUT2D eigenvalue weighted by Crippen LogP contribution is -2.09. The first-order valence-corrected chi connectivity index (χ1v) is 5.90. The van der Waals surface area contributed by atoms with Gasteiger partial charge in [-0.25, -0.2) is 0 Å². The molecule has 0 radical (unpaired) electrons. The molecule has 1 heterocycles. The highest BCUT2D eigenvalue weighted by Crippen LogP contribution is 2.21. The summed E-state index contributed by atoms with van der Waals surface area (Å²) in [6.07, 6.45) is -0.186. The Morgan fingerprint density at radius 2 is 1.89 bits per heavy atom. The van der Waals surface area contributed by atoms with Gasteiger partial charge in [0.15, 0.2) is 5.43 Å². The summed E-state index contributed by atoms with van der Waals surface area (Å²) in [6.45, 7) is 0. The number of carbonyl (C=O) groups is 1. The third kappa shape index (κ3) is 1.97. The van der Waals surface area contributed by atoms with Gasteiger partial charge in [-0.15, -0.1) is 0 Å². The number of aliphatic carboxylic acids is 1. The van der Waals surface area contributed by atoms with Crippen molar-refractivity contribution in [2.24, 2.45) is 0 Å². The van der Waals surface area contributed by atoms with Crippen LogP contribution in [0.4, 0.5) is 0 Å². The molecule has 0 bridgehead atoms. The molecule has 0 unspecified atom stereocenters. The first-order valence-electron chi connectivity index (χ1n) is 5.90. The van der Waals surface area contributed by atoms with Gasteiger partial charge in [0.25, 0.3) is 0 Å². The summed E-state index contributed by atoms with van der Waals surface area (Å²) in [5.41, 5.74) is 0.957. The molecule has 0 spiro atoms. The number of H-pyrrole nitrogens is 1. The van der Waals surface area contributed by atoms with Crippen LogP contribution in [-0.4, -0.2) is 16.1 Å². The first kappa shape index (κ1) is 11.5. The van der Waals surface area contributed by atoms with E-state index in [1.807, 2.05) is 30.3 Å². The minimum atomic E-state index is -0.963. The molecule has 0 saturated heterocycles. The minimum Gasteiger partial charge on any atom is -0.481 e. The Hall–Kier alpha value is -2.62. The number of fused-ring (bicyclic) bond motifs is 3. The second kappa shape index (κ2) is 4.24. The number of rotatable bonds is 2. The first-order chi connectivity index (χ1) is 9.15. The van der Waals surface area contributed by atoms with Gasteiger partial charge in [-0.05, 0) is 11.5 Å². The topological polar surface area (TPSA) is 70.2 Å². The van der Waals surface area contributed by atoms with E-state index in [9.17, 15) is 9.59 Å². The maximum absolute atomic E-state index is 12.0. The van der Waals surface area contributed by atoms with Crippen molar-refractivity contribution in [2.75, 3.05) is 0 Å². The quantitative estimate of drug-likeness (QED) is 0.688. The summed E-state index contributed by atoms with van der Waals surface area (Å²) in [6, 6.07) is 12.7. The van der Waals surface area contributed by atoms with E-state index in [1.165, 1.54) is 6.07 Å². The zero-order chi connectivity index (χ0) is 13.4. The number of carboxylic acid groups (broad SMARTS) is 1. The number of aromatic amines is 1. The van der Waals surface area contributed by atoms with E-state index >= 15 is 0 Å². The van der Waals surface area contributed by atoms with Crippen molar-refractivity contribution >= 4 is 27.6 Å². The lowest BCUT2D eigenvalue weighted by Gasteiger charge is -2.06. The van der Waals surface area contributed by atoms with Crippen LogP contribution < -0.4 is 5.43 Å². The van der Waals surface area contributed by atoms with Crippen LogP contribution in [0.1, 0.15) is 5.69 Å². The predicted octanol–water partition coefficient (Wildman–Crippen LogP) is 2.31. The fourth-order valence-electron chi connectivity index (χ4n) is 2.30. The molecule has 19 heavy (non-hydrogen) atoms. The normalized spacial score (nSPS) is 10.9. The van der Waals surface area contributed by atoms with Crippen LogP contribution in [-0.2, 0) is 11.2 Å². The largest absolute Gasteiger partial charge is 0.481 e. The maximum Gasteiger partial charge on any atom is 0.309 e. The van der Waals surface area contributed by atoms with Gasteiger partial charge in [-0.2, -0.15) is 0 Å². The number of nitrogens with one attached hydrogen (secondary N) is 1. The number of carboxylic acids is 1. The Morgan fingerprint density at radius 3 is 2.68 bits per heavy atom. The Labute approximate surface area is 108 Å². The predicted molar refractivity (Wildman–Crippen MR) is 73.4 cm³/mol. The number of hydrogen-bond acceptors (Lipinski definition) is 2. The molecule has 0 aliphatic heterocycles. The molecule has 3 rings (SSSR count). The summed E-state index contributed by atoms with van der Waals surface area (Å²) in [7, 11) is 0. The van der Waals surface area contributed by atoms with Crippen molar-refractivity contribution in [3.63, 3.8) is 0 Å². The van der Waals surface area contributed by atoms with Gasteiger partial charge in [0.2, 0.25) is 0 Å². The van der Waals surface area contributed by atoms with Crippen LogP contribution in [0.3, 0.4) is 0 Å². The Morgan fingerprint density at radius 1 is 1.11 bits per heavy atom. The summed E-state index contributed by atoms with van der Waals surface area (Å²) in [5.74, 6) is -0.963. The third-order valence-corrected chi connectivity index (χ3v) is 3.13. The summed E-state index contributed by atoms with van der Waals surface area (Å²) >= 11 is 0. The monoisotopic (exact) mass is 253 g/mol. The highest BCUT2D eigenvalue weighted by Gasteiger charge is 2.08. The number of aromatic nitrogens is 1. The summed E-state index contributed by atoms with van der Waals surface area (Å²) < 4.78 is 0. The molecule has 0 amide bonds. The van der Waals surface area contributed by atoms with E-state index in [0.29, 0.717) is 16.6 Å². The lowest BCUT2D eigenvalue weighted by molar-refractivity contribution is -0.136. The molecule has 0 fully saturated rings. The standard InChI is InChI=1S/C15H11NO3/c17-13-7-10(8-14(18)19)16-15-11-4-2-1-3-9(11)5-6-12(13)15/h1-7H,8H2,(H,16,17)(H,18,19). The number of hydrogen-bond donors (Lipinski definition) is 2.